The molecular formula is C21H28F2N4O. The van der Waals surface area contributed by atoms with Gasteiger partial charge in [-0.05, 0) is 37.8 Å². The Morgan fingerprint density at radius 3 is 2.82 bits per heavy atom. The van der Waals surface area contributed by atoms with E-state index in [0.717, 1.165) is 38.0 Å². The van der Waals surface area contributed by atoms with Crippen molar-refractivity contribution in [1.29, 1.82) is 0 Å². The van der Waals surface area contributed by atoms with E-state index >= 15 is 0 Å². The van der Waals surface area contributed by atoms with Crippen molar-refractivity contribution in [2.45, 2.75) is 50.3 Å². The monoisotopic (exact) mass is 390 g/mol. The molecule has 1 spiro atoms. The van der Waals surface area contributed by atoms with Crippen LogP contribution < -0.4 is 15.5 Å². The molecule has 0 aromatic heterocycles. The van der Waals surface area contributed by atoms with E-state index < -0.39 is 11.6 Å². The fourth-order valence-corrected chi connectivity index (χ4v) is 5.80. The summed E-state index contributed by atoms with van der Waals surface area (Å²) in [5.41, 5.74) is 0.768. The third kappa shape index (κ3) is 2.78. The standard InChI is InChI=1S/C21H28F2N4O/c1-24-20(26-18-15-6-10-28-19(15)21(18)7-2-8-21)25-14-5-9-27(12-14)17-4-3-13(22)11-16(17)23/h3-4,11,14-15,18-19H,2,5-10,12H2,1H3,(H2,24,25,26). The Bertz CT molecular complexity index is 782. The van der Waals surface area contributed by atoms with Gasteiger partial charge in [-0.2, -0.15) is 0 Å². The number of ether oxygens (including phenoxy) is 1. The van der Waals surface area contributed by atoms with Crippen LogP contribution in [0.3, 0.4) is 0 Å². The van der Waals surface area contributed by atoms with Gasteiger partial charge in [0.25, 0.3) is 0 Å². The van der Waals surface area contributed by atoms with Gasteiger partial charge in [-0.3, -0.25) is 4.99 Å². The van der Waals surface area contributed by atoms with Gasteiger partial charge in [0, 0.05) is 56.2 Å². The van der Waals surface area contributed by atoms with Gasteiger partial charge in [0.2, 0.25) is 0 Å². The van der Waals surface area contributed by atoms with Crippen LogP contribution in [0.4, 0.5) is 14.5 Å². The first kappa shape index (κ1) is 18.2. The average molecular weight is 390 g/mol. The molecule has 2 aliphatic carbocycles. The lowest BCUT2D eigenvalue weighted by Gasteiger charge is -2.63. The first-order valence-electron chi connectivity index (χ1n) is 10.4. The van der Waals surface area contributed by atoms with Gasteiger partial charge in [-0.15, -0.1) is 0 Å². The van der Waals surface area contributed by atoms with Crippen molar-refractivity contribution in [2.24, 2.45) is 16.3 Å². The Morgan fingerprint density at radius 2 is 2.11 bits per heavy atom. The number of aliphatic imine (C=N–C) groups is 1. The summed E-state index contributed by atoms with van der Waals surface area (Å²) >= 11 is 0. The van der Waals surface area contributed by atoms with Gasteiger partial charge in [0.15, 0.2) is 5.96 Å². The normalized spacial score (nSPS) is 33.4. The largest absolute Gasteiger partial charge is 0.377 e. The molecule has 7 heteroatoms. The molecule has 4 unspecified atom stereocenters. The molecule has 5 nitrogen and oxygen atoms in total. The minimum atomic E-state index is -0.542. The van der Waals surface area contributed by atoms with E-state index in [1.165, 1.54) is 31.4 Å². The van der Waals surface area contributed by atoms with Crippen LogP contribution in [0.25, 0.3) is 0 Å². The second-order valence-electron chi connectivity index (χ2n) is 8.70. The molecule has 5 rings (SSSR count). The third-order valence-corrected chi connectivity index (χ3v) is 7.33. The zero-order chi connectivity index (χ0) is 19.3. The molecule has 4 fully saturated rings. The minimum Gasteiger partial charge on any atom is -0.377 e. The zero-order valence-corrected chi connectivity index (χ0v) is 16.3. The van der Waals surface area contributed by atoms with Crippen molar-refractivity contribution >= 4 is 11.6 Å². The SMILES string of the molecule is CN=C(NC1CCN(c2ccc(F)cc2F)C1)NC1C2CCOC2C12CCC2. The number of anilines is 1. The van der Waals surface area contributed by atoms with Crippen LogP contribution in [0.15, 0.2) is 23.2 Å². The Labute approximate surface area is 164 Å². The van der Waals surface area contributed by atoms with Crippen molar-refractivity contribution in [3.8, 4) is 0 Å². The molecule has 1 aromatic rings. The molecular weight excluding hydrogens is 362 g/mol. The highest BCUT2D eigenvalue weighted by atomic mass is 19.1. The van der Waals surface area contributed by atoms with Crippen molar-refractivity contribution in [3.63, 3.8) is 0 Å². The van der Waals surface area contributed by atoms with E-state index in [2.05, 4.69) is 15.6 Å². The van der Waals surface area contributed by atoms with Crippen LogP contribution in [0.1, 0.15) is 32.1 Å². The summed E-state index contributed by atoms with van der Waals surface area (Å²) in [5.74, 6) is 0.372. The molecule has 2 N–H and O–H groups in total. The molecule has 28 heavy (non-hydrogen) atoms. The molecule has 2 saturated heterocycles. The Hall–Kier alpha value is -1.89. The third-order valence-electron chi connectivity index (χ3n) is 7.33. The van der Waals surface area contributed by atoms with Crippen LogP contribution in [-0.2, 0) is 4.74 Å². The van der Waals surface area contributed by atoms with Crippen molar-refractivity contribution in [3.05, 3.63) is 29.8 Å². The van der Waals surface area contributed by atoms with E-state index in [4.69, 9.17) is 4.74 Å². The number of fused-ring (bicyclic) bond motifs is 2. The maximum atomic E-state index is 14.1. The summed E-state index contributed by atoms with van der Waals surface area (Å²) in [5, 5.41) is 7.21. The quantitative estimate of drug-likeness (QED) is 0.616. The zero-order valence-electron chi connectivity index (χ0n) is 16.3. The molecule has 0 amide bonds. The number of nitrogens with one attached hydrogen (secondary N) is 2. The highest BCUT2D eigenvalue weighted by Gasteiger charge is 2.66. The van der Waals surface area contributed by atoms with Gasteiger partial charge in [0.1, 0.15) is 11.6 Å². The Kier molecular flexibility index (Phi) is 4.45. The first-order valence-corrected chi connectivity index (χ1v) is 10.4. The molecule has 2 saturated carbocycles. The predicted molar refractivity (Wildman–Crippen MR) is 105 cm³/mol. The number of benzene rings is 1. The maximum absolute atomic E-state index is 14.1. The summed E-state index contributed by atoms with van der Waals surface area (Å²) < 4.78 is 33.3. The maximum Gasteiger partial charge on any atom is 0.191 e. The van der Waals surface area contributed by atoms with Gasteiger partial charge >= 0.3 is 0 Å². The lowest BCUT2D eigenvalue weighted by atomic mass is 9.46. The van der Waals surface area contributed by atoms with Crippen LogP contribution in [0, 0.1) is 23.0 Å². The summed E-state index contributed by atoms with van der Waals surface area (Å²) in [6.45, 7) is 2.29. The van der Waals surface area contributed by atoms with Crippen LogP contribution in [0.2, 0.25) is 0 Å². The highest BCUT2D eigenvalue weighted by Crippen LogP contribution is 2.62. The Morgan fingerprint density at radius 1 is 1.25 bits per heavy atom. The van der Waals surface area contributed by atoms with E-state index in [1.54, 1.807) is 7.05 Å². The van der Waals surface area contributed by atoms with Gasteiger partial charge in [-0.25, -0.2) is 8.78 Å². The summed E-state index contributed by atoms with van der Waals surface area (Å²) in [7, 11) is 1.80. The molecule has 0 bridgehead atoms. The summed E-state index contributed by atoms with van der Waals surface area (Å²) in [4.78, 5) is 6.42. The number of halogens is 2. The average Bonchev–Trinajstić information content (AvgIpc) is 3.25. The van der Waals surface area contributed by atoms with E-state index in [-0.39, 0.29) is 6.04 Å². The van der Waals surface area contributed by atoms with Gasteiger partial charge < -0.3 is 20.3 Å². The van der Waals surface area contributed by atoms with Crippen molar-refractivity contribution < 1.29 is 13.5 Å². The van der Waals surface area contributed by atoms with E-state index in [9.17, 15) is 8.78 Å². The second kappa shape index (κ2) is 6.87. The molecule has 0 radical (unpaired) electrons. The van der Waals surface area contributed by atoms with Crippen molar-refractivity contribution in [1.82, 2.24) is 10.6 Å². The number of guanidine groups is 1. The highest BCUT2D eigenvalue weighted by molar-refractivity contribution is 5.81. The number of hydrogen-bond acceptors (Lipinski definition) is 3. The lowest BCUT2D eigenvalue weighted by Crippen LogP contribution is -2.72. The predicted octanol–water partition coefficient (Wildman–Crippen LogP) is 2.67. The van der Waals surface area contributed by atoms with Crippen LogP contribution in [-0.4, -0.2) is 50.9 Å². The molecule has 1 aromatic carbocycles. The van der Waals surface area contributed by atoms with E-state index in [0.29, 0.717) is 35.7 Å². The second-order valence-corrected chi connectivity index (χ2v) is 8.70. The molecule has 2 heterocycles. The smallest absolute Gasteiger partial charge is 0.191 e. The number of hydrogen-bond donors (Lipinski definition) is 2. The number of rotatable bonds is 3. The summed E-state index contributed by atoms with van der Waals surface area (Å²) in [6, 6.07) is 4.41. The lowest BCUT2D eigenvalue weighted by molar-refractivity contribution is -0.171. The molecule has 4 aliphatic rings. The fourth-order valence-electron chi connectivity index (χ4n) is 5.80. The van der Waals surface area contributed by atoms with E-state index in [1.807, 2.05) is 4.90 Å². The molecule has 2 aliphatic heterocycles. The first-order chi connectivity index (χ1) is 13.6. The summed E-state index contributed by atoms with van der Waals surface area (Å²) in [6.07, 6.45) is 6.22. The van der Waals surface area contributed by atoms with Crippen LogP contribution >= 0.6 is 0 Å². The van der Waals surface area contributed by atoms with Gasteiger partial charge in [-0.1, -0.05) is 6.42 Å². The fraction of sp³-hybridized carbons (Fsp3) is 0.667. The minimum absolute atomic E-state index is 0.184. The molecule has 152 valence electrons. The number of nitrogens with zero attached hydrogens (tertiary/aromatic N) is 2. The topological polar surface area (TPSA) is 48.9 Å². The molecule has 4 atom stereocenters. The van der Waals surface area contributed by atoms with Crippen molar-refractivity contribution in [2.75, 3.05) is 31.6 Å². The van der Waals surface area contributed by atoms with Gasteiger partial charge in [0.05, 0.1) is 11.8 Å². The van der Waals surface area contributed by atoms with Crippen LogP contribution in [0.5, 0.6) is 0 Å². The Balaban J connectivity index is 1.21.